The largest absolute Gasteiger partial charge is 0.507 e. The molecule has 4 rings (SSSR count). The highest BCUT2D eigenvalue weighted by Gasteiger charge is 2.13. The van der Waals surface area contributed by atoms with Gasteiger partial charge in [-0.1, -0.05) is 49.0 Å². The van der Waals surface area contributed by atoms with Crippen LogP contribution in [0.25, 0.3) is 27.2 Å². The van der Waals surface area contributed by atoms with Gasteiger partial charge in [-0.15, -0.1) is 0 Å². The molecule has 0 aliphatic heterocycles. The second-order valence-electron chi connectivity index (χ2n) is 6.70. The zero-order chi connectivity index (χ0) is 20.4. The zero-order valence-electron chi connectivity index (χ0n) is 15.9. The van der Waals surface area contributed by atoms with Crippen LogP contribution in [0.5, 0.6) is 11.5 Å². The number of nitrogens with one attached hydrogen (secondary N) is 2. The van der Waals surface area contributed by atoms with Gasteiger partial charge < -0.3 is 9.84 Å². The van der Waals surface area contributed by atoms with Crippen molar-refractivity contribution in [3.8, 4) is 11.5 Å². The lowest BCUT2D eigenvalue weighted by molar-refractivity contribution is 0.0940. The van der Waals surface area contributed by atoms with Crippen LogP contribution in [0.15, 0.2) is 79.4 Å². The van der Waals surface area contributed by atoms with E-state index in [1.54, 1.807) is 19.2 Å². The Morgan fingerprint density at radius 2 is 1.52 bits per heavy atom. The molecule has 0 atom stereocenters. The molecule has 0 heterocycles. The molecule has 29 heavy (non-hydrogen) atoms. The number of fused-ring (bicyclic) bond motifs is 2. The highest BCUT2D eigenvalue weighted by molar-refractivity contribution is 6.01. The van der Waals surface area contributed by atoms with Crippen LogP contribution in [0.1, 0.15) is 15.9 Å². The number of aromatic hydroxyl groups is 1. The lowest BCUT2D eigenvalue weighted by Gasteiger charge is -2.13. The fourth-order valence-corrected chi connectivity index (χ4v) is 3.22. The third-order valence-electron chi connectivity index (χ3n) is 4.83. The van der Waals surface area contributed by atoms with Gasteiger partial charge in [-0.25, -0.2) is 0 Å². The first-order chi connectivity index (χ1) is 14.0. The van der Waals surface area contributed by atoms with Crippen LogP contribution in [-0.4, -0.2) is 18.1 Å². The number of carbonyl (C=O) groups is 1. The monoisotopic (exact) mass is 384 g/mol. The number of hydrazine groups is 1. The number of phenolic OH excluding ortho intramolecular Hbond substituents is 1. The summed E-state index contributed by atoms with van der Waals surface area (Å²) in [5.74, 6) is 0.276. The van der Waals surface area contributed by atoms with Gasteiger partial charge >= 0.3 is 0 Å². The minimum Gasteiger partial charge on any atom is -0.507 e. The van der Waals surface area contributed by atoms with E-state index in [0.29, 0.717) is 5.70 Å². The molecule has 0 saturated heterocycles. The van der Waals surface area contributed by atoms with Crippen molar-refractivity contribution in [2.24, 2.45) is 0 Å². The van der Waals surface area contributed by atoms with Crippen molar-refractivity contribution < 1.29 is 14.6 Å². The molecule has 5 nitrogen and oxygen atoms in total. The average molecular weight is 384 g/mol. The lowest BCUT2D eigenvalue weighted by atomic mass is 10.1. The average Bonchev–Trinajstić information content (AvgIpc) is 2.75. The molecule has 5 heteroatoms. The Morgan fingerprint density at radius 1 is 0.862 bits per heavy atom. The molecule has 3 N–H and O–H groups in total. The second-order valence-corrected chi connectivity index (χ2v) is 6.70. The third kappa shape index (κ3) is 3.71. The molecule has 0 aromatic heterocycles. The molecule has 0 spiro atoms. The van der Waals surface area contributed by atoms with E-state index in [2.05, 4.69) is 17.4 Å². The summed E-state index contributed by atoms with van der Waals surface area (Å²) >= 11 is 0. The van der Waals surface area contributed by atoms with Gasteiger partial charge in [0.15, 0.2) is 0 Å². The Balaban J connectivity index is 1.50. The summed E-state index contributed by atoms with van der Waals surface area (Å²) < 4.78 is 5.25. The predicted molar refractivity (Wildman–Crippen MR) is 116 cm³/mol. The smallest absolute Gasteiger partial charge is 0.273 e. The standard InChI is InChI=1S/C24H20N2O3/c1-15(16-7-8-20-12-21(29-2)10-9-19(20)11-16)25-26-24(28)22-13-17-5-3-4-6-18(17)14-23(22)27/h3-14,25,27H,1H2,2H3,(H,26,28). The molecule has 4 aromatic rings. The Hall–Kier alpha value is -3.99. The van der Waals surface area contributed by atoms with Crippen LogP contribution < -0.4 is 15.6 Å². The Bertz CT molecular complexity index is 1250. The van der Waals surface area contributed by atoms with Crippen molar-refractivity contribution in [2.45, 2.75) is 0 Å². The Kier molecular flexibility index (Phi) is 4.79. The molecule has 0 fully saturated rings. The Labute approximate surface area is 168 Å². The van der Waals surface area contributed by atoms with E-state index < -0.39 is 5.91 Å². The molecular formula is C24H20N2O3. The van der Waals surface area contributed by atoms with Crippen molar-refractivity contribution in [3.05, 3.63) is 90.5 Å². The summed E-state index contributed by atoms with van der Waals surface area (Å²) in [5.41, 5.74) is 7.00. The number of methoxy groups -OCH3 is 1. The van der Waals surface area contributed by atoms with Crippen LogP contribution in [0.4, 0.5) is 0 Å². The lowest BCUT2D eigenvalue weighted by Crippen LogP contribution is -2.35. The fraction of sp³-hybridized carbons (Fsp3) is 0.0417. The number of amides is 1. The molecule has 1 amide bonds. The van der Waals surface area contributed by atoms with Crippen LogP contribution in [0, 0.1) is 0 Å². The van der Waals surface area contributed by atoms with Crippen molar-refractivity contribution >= 4 is 33.1 Å². The fourth-order valence-electron chi connectivity index (χ4n) is 3.22. The topological polar surface area (TPSA) is 70.6 Å². The van der Waals surface area contributed by atoms with Gasteiger partial charge in [-0.2, -0.15) is 0 Å². The van der Waals surface area contributed by atoms with Gasteiger partial charge in [0, 0.05) is 0 Å². The summed E-state index contributed by atoms with van der Waals surface area (Å²) in [4.78, 5) is 12.5. The van der Waals surface area contributed by atoms with Gasteiger partial charge in [0.25, 0.3) is 5.91 Å². The van der Waals surface area contributed by atoms with Gasteiger partial charge in [-0.05, 0) is 57.4 Å². The summed E-state index contributed by atoms with van der Waals surface area (Å²) in [7, 11) is 1.64. The van der Waals surface area contributed by atoms with Crippen LogP contribution in [0.2, 0.25) is 0 Å². The van der Waals surface area contributed by atoms with Crippen LogP contribution in [0.3, 0.4) is 0 Å². The van der Waals surface area contributed by atoms with Gasteiger partial charge in [0.05, 0.1) is 18.4 Å². The number of benzene rings is 4. The molecule has 0 radical (unpaired) electrons. The minimum absolute atomic E-state index is 0.0757. The molecule has 0 unspecified atom stereocenters. The number of phenols is 1. The number of hydrogen-bond donors (Lipinski definition) is 3. The van der Waals surface area contributed by atoms with Crippen molar-refractivity contribution in [1.29, 1.82) is 0 Å². The highest BCUT2D eigenvalue weighted by Crippen LogP contribution is 2.25. The van der Waals surface area contributed by atoms with Crippen molar-refractivity contribution in [3.63, 3.8) is 0 Å². The minimum atomic E-state index is -0.445. The third-order valence-corrected chi connectivity index (χ3v) is 4.83. The predicted octanol–water partition coefficient (Wildman–Crippen LogP) is 4.61. The van der Waals surface area contributed by atoms with Gasteiger partial charge in [0.2, 0.25) is 0 Å². The van der Waals surface area contributed by atoms with E-state index in [9.17, 15) is 9.90 Å². The number of rotatable bonds is 5. The van der Waals surface area contributed by atoms with E-state index in [0.717, 1.165) is 32.9 Å². The first kappa shape index (κ1) is 18.4. The van der Waals surface area contributed by atoms with E-state index >= 15 is 0 Å². The summed E-state index contributed by atoms with van der Waals surface area (Å²) in [6.45, 7) is 3.99. The number of hydrogen-bond acceptors (Lipinski definition) is 4. The maximum atomic E-state index is 12.5. The van der Waals surface area contributed by atoms with Gasteiger partial charge in [0.1, 0.15) is 11.5 Å². The van der Waals surface area contributed by atoms with Crippen LogP contribution >= 0.6 is 0 Å². The molecule has 0 bridgehead atoms. The summed E-state index contributed by atoms with van der Waals surface area (Å²) in [6.07, 6.45) is 0. The normalized spacial score (nSPS) is 10.7. The molecule has 144 valence electrons. The molecule has 0 aliphatic carbocycles. The molecule has 0 saturated carbocycles. The summed E-state index contributed by atoms with van der Waals surface area (Å²) in [5, 5.41) is 14.0. The van der Waals surface area contributed by atoms with Gasteiger partial charge in [-0.3, -0.25) is 15.6 Å². The highest BCUT2D eigenvalue weighted by atomic mass is 16.5. The first-order valence-electron chi connectivity index (χ1n) is 9.10. The summed E-state index contributed by atoms with van der Waals surface area (Å²) in [6, 6.07) is 22.5. The van der Waals surface area contributed by atoms with Crippen molar-refractivity contribution in [2.75, 3.05) is 7.11 Å². The molecule has 0 aliphatic rings. The SMILES string of the molecule is C=C(NNC(=O)c1cc2ccccc2cc1O)c1ccc2cc(OC)ccc2c1. The van der Waals surface area contributed by atoms with Crippen LogP contribution in [-0.2, 0) is 0 Å². The Morgan fingerprint density at radius 3 is 2.28 bits per heavy atom. The second kappa shape index (κ2) is 7.56. The van der Waals surface area contributed by atoms with E-state index in [1.165, 1.54) is 0 Å². The van der Waals surface area contributed by atoms with E-state index in [1.807, 2.05) is 60.7 Å². The van der Waals surface area contributed by atoms with E-state index in [-0.39, 0.29) is 11.3 Å². The van der Waals surface area contributed by atoms with E-state index in [4.69, 9.17) is 4.74 Å². The molecule has 4 aromatic carbocycles. The van der Waals surface area contributed by atoms with Crippen molar-refractivity contribution in [1.82, 2.24) is 10.9 Å². The quantitative estimate of drug-likeness (QED) is 0.440. The maximum absolute atomic E-state index is 12.5. The number of ether oxygens (including phenoxy) is 1. The zero-order valence-corrected chi connectivity index (χ0v) is 15.9. The molecular weight excluding hydrogens is 364 g/mol. The number of carbonyl (C=O) groups excluding carboxylic acids is 1. The maximum Gasteiger partial charge on any atom is 0.273 e. The first-order valence-corrected chi connectivity index (χ1v) is 9.10.